The van der Waals surface area contributed by atoms with Crippen molar-refractivity contribution in [1.82, 2.24) is 10.2 Å². The van der Waals surface area contributed by atoms with Crippen molar-refractivity contribution < 1.29 is 88.4 Å². The van der Waals surface area contributed by atoms with Gasteiger partial charge in [-0.1, -0.05) is 45.4 Å². The quantitative estimate of drug-likeness (QED) is 0.146. The Kier molecular flexibility index (Phi) is 29.8. The van der Waals surface area contributed by atoms with Crippen LogP contribution in [-0.2, 0) is 19.1 Å². The molecule has 0 rings (SSSR count). The smallest absolute Gasteiger partial charge is 0.550 e. The average Bonchev–Trinajstić information content (AvgIpc) is 2.64. The van der Waals surface area contributed by atoms with Crippen molar-refractivity contribution in [3.05, 3.63) is 0 Å². The zero-order valence-electron chi connectivity index (χ0n) is 19.2. The van der Waals surface area contributed by atoms with Gasteiger partial charge in [0.25, 0.3) is 0 Å². The summed E-state index contributed by atoms with van der Waals surface area (Å²) in [5.74, 6) is -2.29. The molecule has 0 aliphatic carbocycles. The van der Waals surface area contributed by atoms with Gasteiger partial charge in [0, 0.05) is 51.0 Å². The number of carbonyl (C=O) groups is 3. The van der Waals surface area contributed by atoms with Crippen LogP contribution >= 0.6 is 0 Å². The minimum Gasteiger partial charge on any atom is -0.550 e. The molecule has 164 valence electrons. The topological polar surface area (TPSA) is 122 Å². The zero-order valence-corrected chi connectivity index (χ0v) is 23.2. The number of unbranched alkanes of at least 4 members (excludes halogenated alkanes) is 6. The van der Waals surface area contributed by atoms with Crippen molar-refractivity contribution in [2.45, 2.75) is 71.1 Å². The Bertz CT molecular complexity index is 442. The van der Waals surface area contributed by atoms with Gasteiger partial charge in [-0.05, 0) is 12.8 Å². The second kappa shape index (κ2) is 25.6. The van der Waals surface area contributed by atoms with Crippen LogP contribution in [0.25, 0.3) is 0 Å². The first kappa shape index (κ1) is 34.9. The van der Waals surface area contributed by atoms with Crippen LogP contribution in [0.15, 0.2) is 0 Å². The van der Waals surface area contributed by atoms with E-state index in [9.17, 15) is 24.6 Å². The van der Waals surface area contributed by atoms with Crippen molar-refractivity contribution in [3.8, 4) is 0 Å². The Morgan fingerprint density at radius 1 is 0.767 bits per heavy atom. The third kappa shape index (κ3) is 26.4. The molecule has 0 bridgehead atoms. The molecule has 0 radical (unpaired) electrons. The molecule has 0 aromatic heterocycles. The Labute approximate surface area is 225 Å². The number of carbonyl (C=O) groups excluding carboxylic acids is 3. The van der Waals surface area contributed by atoms with Gasteiger partial charge in [-0.2, -0.15) is 0 Å². The van der Waals surface area contributed by atoms with Gasteiger partial charge in [-0.3, -0.25) is 9.69 Å². The number of carboxylic acids is 2. The molecule has 0 saturated heterocycles. The second-order valence-electron chi connectivity index (χ2n) is 6.92. The molecular formula is C20H36N2Na2O6. The molecule has 0 aromatic carbocycles. The monoisotopic (exact) mass is 446 g/mol. The fourth-order valence-electron chi connectivity index (χ4n) is 2.72. The van der Waals surface area contributed by atoms with Gasteiger partial charge in [0.2, 0.25) is 5.91 Å². The first-order chi connectivity index (χ1) is 13.5. The number of nitrogens with one attached hydrogen (secondary N) is 1. The number of hydrogen-bond donors (Lipinski definition) is 1. The molecule has 0 heterocycles. The van der Waals surface area contributed by atoms with Crippen molar-refractivity contribution >= 4 is 17.8 Å². The molecule has 1 N–H and O–H groups in total. The normalized spacial score (nSPS) is 10.2. The van der Waals surface area contributed by atoms with Crippen LogP contribution in [0.3, 0.4) is 0 Å². The van der Waals surface area contributed by atoms with Crippen molar-refractivity contribution in [1.29, 1.82) is 0 Å². The minimum absolute atomic E-state index is 0. The van der Waals surface area contributed by atoms with Gasteiger partial charge < -0.3 is 29.9 Å². The Morgan fingerprint density at radius 3 is 1.97 bits per heavy atom. The predicted molar refractivity (Wildman–Crippen MR) is 102 cm³/mol. The van der Waals surface area contributed by atoms with Crippen molar-refractivity contribution in [2.75, 3.05) is 39.4 Å². The van der Waals surface area contributed by atoms with E-state index in [0.29, 0.717) is 32.6 Å². The summed E-state index contributed by atoms with van der Waals surface area (Å²) < 4.78 is 5.20. The summed E-state index contributed by atoms with van der Waals surface area (Å²) in [5, 5.41) is 23.8. The van der Waals surface area contributed by atoms with Crippen LogP contribution < -0.4 is 74.6 Å². The summed E-state index contributed by atoms with van der Waals surface area (Å²) in [7, 11) is 0. The molecule has 0 saturated carbocycles. The van der Waals surface area contributed by atoms with Crippen LogP contribution in [0.5, 0.6) is 0 Å². The van der Waals surface area contributed by atoms with Crippen molar-refractivity contribution in [2.24, 2.45) is 0 Å². The number of nitrogens with zero attached hydrogens (tertiary/aromatic N) is 1. The van der Waals surface area contributed by atoms with E-state index in [1.165, 1.54) is 32.1 Å². The van der Waals surface area contributed by atoms with E-state index < -0.39 is 11.9 Å². The molecule has 0 aliphatic rings. The molecule has 30 heavy (non-hydrogen) atoms. The van der Waals surface area contributed by atoms with E-state index in [2.05, 4.69) is 12.2 Å². The average molecular weight is 446 g/mol. The third-order valence-corrected chi connectivity index (χ3v) is 4.39. The maximum Gasteiger partial charge on any atom is 1.00 e. The molecule has 0 aliphatic heterocycles. The standard InChI is InChI=1S/C20H38N2O6.2Na/c1-2-3-4-5-6-7-8-9-18(23)21-12-14-22(13-10-19(24)25)15-17-28-16-11-20(26)27;;/h2-17H2,1H3,(H,21,23)(H,24,25)(H,26,27);;/q;2*+1/p-2. The van der Waals surface area contributed by atoms with Gasteiger partial charge in [-0.15, -0.1) is 0 Å². The van der Waals surface area contributed by atoms with Gasteiger partial charge >= 0.3 is 59.1 Å². The van der Waals surface area contributed by atoms with E-state index in [-0.39, 0.29) is 91.1 Å². The Morgan fingerprint density at radius 2 is 1.37 bits per heavy atom. The minimum atomic E-state index is -1.17. The molecule has 1 amide bonds. The van der Waals surface area contributed by atoms with Crippen molar-refractivity contribution in [3.63, 3.8) is 0 Å². The summed E-state index contributed by atoms with van der Waals surface area (Å²) in [5.41, 5.74) is 0. The molecule has 10 heteroatoms. The van der Waals surface area contributed by atoms with Gasteiger partial charge in [0.15, 0.2) is 0 Å². The number of amides is 1. The van der Waals surface area contributed by atoms with Gasteiger partial charge in [0.05, 0.1) is 13.2 Å². The van der Waals surface area contributed by atoms with Crippen LogP contribution in [-0.4, -0.2) is 62.1 Å². The number of carboxylic acid groups (broad SMARTS) is 2. The van der Waals surface area contributed by atoms with E-state index in [1.807, 2.05) is 4.90 Å². The Balaban J connectivity index is -0.00000364. The van der Waals surface area contributed by atoms with Crippen LogP contribution in [0.1, 0.15) is 71.1 Å². The van der Waals surface area contributed by atoms with Crippen LogP contribution in [0.4, 0.5) is 0 Å². The molecule has 0 unspecified atom stereocenters. The number of hydrogen-bond acceptors (Lipinski definition) is 7. The summed E-state index contributed by atoms with van der Waals surface area (Å²) in [6.07, 6.45) is 8.36. The van der Waals surface area contributed by atoms with Gasteiger partial charge in [-0.25, -0.2) is 0 Å². The predicted octanol–water partition coefficient (Wildman–Crippen LogP) is -6.15. The summed E-state index contributed by atoms with van der Waals surface area (Å²) in [6, 6.07) is 0. The number of rotatable bonds is 20. The number of aliphatic carboxylic acids is 2. The van der Waals surface area contributed by atoms with Gasteiger partial charge in [0.1, 0.15) is 0 Å². The van der Waals surface area contributed by atoms with Crippen LogP contribution in [0.2, 0.25) is 0 Å². The summed E-state index contributed by atoms with van der Waals surface area (Å²) >= 11 is 0. The van der Waals surface area contributed by atoms with E-state index >= 15 is 0 Å². The number of ether oxygens (including phenoxy) is 1. The maximum absolute atomic E-state index is 11.9. The molecule has 0 spiro atoms. The molecule has 8 nitrogen and oxygen atoms in total. The first-order valence-corrected chi connectivity index (χ1v) is 10.4. The van der Waals surface area contributed by atoms with Crippen LogP contribution in [0, 0.1) is 0 Å². The molecule has 0 atom stereocenters. The molecule has 0 fully saturated rings. The van der Waals surface area contributed by atoms with E-state index in [4.69, 9.17) is 4.74 Å². The first-order valence-electron chi connectivity index (χ1n) is 10.4. The largest absolute Gasteiger partial charge is 1.00 e. The fourth-order valence-corrected chi connectivity index (χ4v) is 2.72. The molecule has 0 aromatic rings. The SMILES string of the molecule is CCCCCCCCCC(=O)NCCN(CCOCCC(=O)[O-])CCC(=O)[O-].[Na+].[Na+]. The zero-order chi connectivity index (χ0) is 21.0. The van der Waals surface area contributed by atoms with E-state index in [0.717, 1.165) is 12.8 Å². The van der Waals surface area contributed by atoms with E-state index in [1.54, 1.807) is 0 Å². The maximum atomic E-state index is 11.9. The summed E-state index contributed by atoms with van der Waals surface area (Å²) in [6.45, 7) is 4.21. The Hall–Kier alpha value is 0.330. The third-order valence-electron chi connectivity index (χ3n) is 4.39. The summed E-state index contributed by atoms with van der Waals surface area (Å²) in [4.78, 5) is 34.7. The second-order valence-corrected chi connectivity index (χ2v) is 6.92. The molecular weight excluding hydrogens is 410 g/mol. The fraction of sp³-hybridized carbons (Fsp3) is 0.850.